The van der Waals surface area contributed by atoms with Gasteiger partial charge in [-0.2, -0.15) is 0 Å². The van der Waals surface area contributed by atoms with Crippen molar-refractivity contribution in [3.63, 3.8) is 0 Å². The second-order valence-electron chi connectivity index (χ2n) is 5.60. The number of nitrogens with zero attached hydrogens (tertiary/aromatic N) is 2. The van der Waals surface area contributed by atoms with Crippen molar-refractivity contribution in [2.24, 2.45) is 0 Å². The van der Waals surface area contributed by atoms with Crippen molar-refractivity contribution in [3.8, 4) is 0 Å². The highest BCUT2D eigenvalue weighted by Gasteiger charge is 2.34. The van der Waals surface area contributed by atoms with Gasteiger partial charge in [0.15, 0.2) is 15.6 Å². The summed E-state index contributed by atoms with van der Waals surface area (Å²) in [5.74, 6) is -0.560. The highest BCUT2D eigenvalue weighted by atomic mass is 35.5. The second kappa shape index (κ2) is 6.11. The Morgan fingerprint density at radius 3 is 2.75 bits per heavy atom. The second-order valence-corrected chi connectivity index (χ2v) is 7.91. The van der Waals surface area contributed by atoms with Crippen molar-refractivity contribution < 1.29 is 13.5 Å². The first-order valence-electron chi connectivity index (χ1n) is 7.47. The first-order chi connectivity index (χ1) is 11.4. The number of hydrogen-bond donors (Lipinski definition) is 1. The fourth-order valence-corrected chi connectivity index (χ4v) is 4.86. The molecule has 3 rings (SSSR count). The van der Waals surface area contributed by atoms with Crippen molar-refractivity contribution in [1.29, 1.82) is 0 Å². The van der Waals surface area contributed by atoms with Crippen molar-refractivity contribution in [2.75, 3.05) is 18.5 Å². The average molecular weight is 365 g/mol. The summed E-state index contributed by atoms with van der Waals surface area (Å²) in [7, 11) is -1.86. The molecule has 1 N–H and O–H groups in total. The number of aliphatic hydroxyl groups excluding tert-OH is 1. The molecule has 0 saturated heterocycles. The predicted molar refractivity (Wildman–Crippen MR) is 96.7 cm³/mol. The molecule has 0 aliphatic carbocycles. The number of benzene rings is 1. The van der Waals surface area contributed by atoms with Crippen LogP contribution in [0.4, 0.5) is 5.69 Å². The first-order valence-corrected chi connectivity index (χ1v) is 9.50. The van der Waals surface area contributed by atoms with Crippen LogP contribution < -0.4 is 4.90 Å². The van der Waals surface area contributed by atoms with Crippen LogP contribution in [0, 0.1) is 0 Å². The molecule has 24 heavy (non-hydrogen) atoms. The van der Waals surface area contributed by atoms with E-state index in [1.54, 1.807) is 24.3 Å². The molecule has 126 valence electrons. The third kappa shape index (κ3) is 2.65. The lowest BCUT2D eigenvalue weighted by molar-refractivity contribution is 0.508. The zero-order chi connectivity index (χ0) is 17.5. The maximum absolute atomic E-state index is 12.7. The smallest absolute Gasteiger partial charge is 0.186 e. The van der Waals surface area contributed by atoms with Gasteiger partial charge in [-0.25, -0.2) is 8.42 Å². The molecule has 0 spiro atoms. The van der Waals surface area contributed by atoms with E-state index in [-0.39, 0.29) is 22.1 Å². The number of hydrogen-bond acceptors (Lipinski definition) is 5. The van der Waals surface area contributed by atoms with Gasteiger partial charge >= 0.3 is 0 Å². The molecule has 1 aliphatic rings. The maximum atomic E-state index is 12.7. The summed E-state index contributed by atoms with van der Waals surface area (Å²) in [6.07, 6.45) is 1.52. The molecular formula is C17H17ClN2O3S. The minimum absolute atomic E-state index is 0.162. The molecular weight excluding hydrogens is 348 g/mol. The van der Waals surface area contributed by atoms with Crippen LogP contribution in [-0.2, 0) is 15.6 Å². The van der Waals surface area contributed by atoms with E-state index in [4.69, 9.17) is 11.6 Å². The Hall–Kier alpha value is -2.05. The lowest BCUT2D eigenvalue weighted by Crippen LogP contribution is -2.19. The van der Waals surface area contributed by atoms with Gasteiger partial charge < -0.3 is 10.0 Å². The molecule has 1 aliphatic heterocycles. The van der Waals surface area contributed by atoms with Gasteiger partial charge in [-0.1, -0.05) is 29.8 Å². The molecule has 0 unspecified atom stereocenters. The third-order valence-corrected chi connectivity index (χ3v) is 6.22. The molecule has 1 aromatic carbocycles. The van der Waals surface area contributed by atoms with Crippen LogP contribution in [0.2, 0.25) is 5.02 Å². The molecule has 0 bridgehead atoms. The van der Waals surface area contributed by atoms with Crippen LogP contribution in [0.3, 0.4) is 0 Å². The Morgan fingerprint density at radius 1 is 1.29 bits per heavy atom. The normalized spacial score (nSPS) is 16.0. The quantitative estimate of drug-likeness (QED) is 0.902. The molecule has 0 fully saturated rings. The molecule has 1 aromatic heterocycles. The van der Waals surface area contributed by atoms with Crippen LogP contribution in [0.5, 0.6) is 0 Å². The highest BCUT2D eigenvalue weighted by molar-refractivity contribution is 8.00. The third-order valence-electron chi connectivity index (χ3n) is 4.10. The molecule has 0 atom stereocenters. The van der Waals surface area contributed by atoms with E-state index < -0.39 is 9.84 Å². The first kappa shape index (κ1) is 16.8. The summed E-state index contributed by atoms with van der Waals surface area (Å²) in [6.45, 7) is 2.68. The van der Waals surface area contributed by atoms with Crippen molar-refractivity contribution in [1.82, 2.24) is 4.98 Å². The highest BCUT2D eigenvalue weighted by Crippen LogP contribution is 2.42. The van der Waals surface area contributed by atoms with Gasteiger partial charge in [0.25, 0.3) is 0 Å². The lowest BCUT2D eigenvalue weighted by Gasteiger charge is -2.23. The van der Waals surface area contributed by atoms with Gasteiger partial charge in [-0.15, -0.1) is 0 Å². The van der Waals surface area contributed by atoms with Crippen LogP contribution >= 0.6 is 11.6 Å². The van der Waals surface area contributed by atoms with Gasteiger partial charge in [-0.3, -0.25) is 4.98 Å². The number of rotatable bonds is 3. The standard InChI is InChI=1S/C17H17ClN2O3S/c1-3-20(2)13-8-4-7-12(14(13)18)17-16(21)15-11(6-5-9-19-15)10-24(17,22)23/h4-9,21H,3,10H2,1-2H3. The largest absolute Gasteiger partial charge is 0.504 e. The summed E-state index contributed by atoms with van der Waals surface area (Å²) in [4.78, 5) is 5.86. The molecule has 5 nitrogen and oxygen atoms in total. The van der Waals surface area contributed by atoms with Gasteiger partial charge in [0, 0.05) is 25.4 Å². The SMILES string of the molecule is CCN(C)c1cccc(C2=C(O)c3ncccc3CS2(=O)=O)c1Cl. The summed E-state index contributed by atoms with van der Waals surface area (Å²) in [6, 6.07) is 8.44. The van der Waals surface area contributed by atoms with Gasteiger partial charge in [-0.05, 0) is 24.6 Å². The Balaban J connectivity index is 2.29. The number of aromatic nitrogens is 1. The van der Waals surface area contributed by atoms with Crippen molar-refractivity contribution >= 4 is 37.8 Å². The molecule has 7 heteroatoms. The fourth-order valence-electron chi connectivity index (χ4n) is 2.76. The Morgan fingerprint density at radius 2 is 2.04 bits per heavy atom. The topological polar surface area (TPSA) is 70.5 Å². The van der Waals surface area contributed by atoms with E-state index in [0.29, 0.717) is 28.4 Å². The number of halogens is 1. The average Bonchev–Trinajstić information content (AvgIpc) is 2.55. The summed E-state index contributed by atoms with van der Waals surface area (Å²) < 4.78 is 25.5. The molecule has 2 heterocycles. The zero-order valence-corrected chi connectivity index (χ0v) is 14.9. The lowest BCUT2D eigenvalue weighted by atomic mass is 10.1. The van der Waals surface area contributed by atoms with Gasteiger partial charge in [0.1, 0.15) is 10.6 Å². The zero-order valence-electron chi connectivity index (χ0n) is 13.3. The molecule has 0 amide bonds. The summed E-state index contributed by atoms with van der Waals surface area (Å²) in [5.41, 5.74) is 1.77. The van der Waals surface area contributed by atoms with E-state index in [1.165, 1.54) is 6.20 Å². The number of fused-ring (bicyclic) bond motifs is 1. The van der Waals surface area contributed by atoms with E-state index in [2.05, 4.69) is 4.98 Å². The van der Waals surface area contributed by atoms with E-state index >= 15 is 0 Å². The van der Waals surface area contributed by atoms with Crippen LogP contribution in [-0.4, -0.2) is 32.1 Å². The number of pyridine rings is 1. The van der Waals surface area contributed by atoms with E-state index in [9.17, 15) is 13.5 Å². The summed E-state index contributed by atoms with van der Waals surface area (Å²) >= 11 is 6.46. The Labute approximate surface area is 146 Å². The minimum Gasteiger partial charge on any atom is -0.504 e. The van der Waals surface area contributed by atoms with Gasteiger partial charge in [0.05, 0.1) is 16.5 Å². The molecule has 0 radical (unpaired) electrons. The van der Waals surface area contributed by atoms with Gasteiger partial charge in [0.2, 0.25) is 0 Å². The monoisotopic (exact) mass is 364 g/mol. The van der Waals surface area contributed by atoms with E-state index in [0.717, 1.165) is 0 Å². The molecule has 2 aromatic rings. The minimum atomic E-state index is -3.72. The number of anilines is 1. The number of aliphatic hydroxyl groups is 1. The molecule has 0 saturated carbocycles. The van der Waals surface area contributed by atoms with Crippen LogP contribution in [0.15, 0.2) is 36.5 Å². The Bertz CT molecular complexity index is 939. The fraction of sp³-hybridized carbons (Fsp3) is 0.235. The predicted octanol–water partition coefficient (Wildman–Crippen LogP) is 3.50. The van der Waals surface area contributed by atoms with E-state index in [1.807, 2.05) is 24.9 Å². The summed E-state index contributed by atoms with van der Waals surface area (Å²) in [5, 5.41) is 10.9. The van der Waals surface area contributed by atoms with Crippen LogP contribution in [0.1, 0.15) is 23.7 Å². The maximum Gasteiger partial charge on any atom is 0.186 e. The van der Waals surface area contributed by atoms with Crippen molar-refractivity contribution in [3.05, 3.63) is 58.4 Å². The Kier molecular flexibility index (Phi) is 4.27. The van der Waals surface area contributed by atoms with Crippen molar-refractivity contribution in [2.45, 2.75) is 12.7 Å². The number of sulfone groups is 1. The van der Waals surface area contributed by atoms with Crippen LogP contribution in [0.25, 0.3) is 10.7 Å².